The SMILES string of the molecule is CC(C)[C@H](NN[C@@H](CCCNC(N)N)C(=O)NCCCCNC(=N)N)C(=O)N[C@@H](CCCNC(N)N)C(=O)C(=O)Cc1ccccc1. The van der Waals surface area contributed by atoms with Crippen molar-refractivity contribution in [3.8, 4) is 0 Å². The lowest BCUT2D eigenvalue weighted by atomic mass is 9.97. The Kier molecular flexibility index (Phi) is 20.9. The Morgan fingerprint density at radius 3 is 1.81 bits per heavy atom. The quantitative estimate of drug-likeness (QED) is 0.0116. The van der Waals surface area contributed by atoms with Crippen molar-refractivity contribution in [2.24, 2.45) is 34.6 Å². The number of carbonyl (C=O) groups is 4. The van der Waals surface area contributed by atoms with Crippen LogP contribution in [0.25, 0.3) is 0 Å². The monoisotopic (exact) mass is 663 g/mol. The Morgan fingerprint density at radius 2 is 1.28 bits per heavy atom. The predicted molar refractivity (Wildman–Crippen MR) is 182 cm³/mol. The number of benzene rings is 1. The van der Waals surface area contributed by atoms with E-state index < -0.39 is 48.2 Å². The fourth-order valence-electron chi connectivity index (χ4n) is 4.54. The summed E-state index contributed by atoms with van der Waals surface area (Å²) in [6.07, 6.45) is 1.41. The van der Waals surface area contributed by atoms with Gasteiger partial charge in [-0.3, -0.25) is 35.2 Å². The Bertz CT molecular complexity index is 1090. The number of carbonyl (C=O) groups excluding carboxylic acids is 4. The average molecular weight is 664 g/mol. The number of ketones is 2. The maximum atomic E-state index is 13.6. The van der Waals surface area contributed by atoms with Gasteiger partial charge in [0.2, 0.25) is 23.4 Å². The van der Waals surface area contributed by atoms with Crippen molar-refractivity contribution >= 4 is 29.3 Å². The van der Waals surface area contributed by atoms with Crippen LogP contribution in [-0.4, -0.2) is 86.2 Å². The van der Waals surface area contributed by atoms with Gasteiger partial charge in [0.1, 0.15) is 18.6 Å². The third-order valence-electron chi connectivity index (χ3n) is 7.11. The number of nitrogens with two attached hydrogens (primary N) is 5. The molecule has 0 radical (unpaired) electrons. The average Bonchev–Trinajstić information content (AvgIpc) is 3.00. The molecule has 47 heavy (non-hydrogen) atoms. The van der Waals surface area contributed by atoms with E-state index in [1.165, 1.54) is 0 Å². The van der Waals surface area contributed by atoms with Crippen molar-refractivity contribution < 1.29 is 19.2 Å². The van der Waals surface area contributed by atoms with Gasteiger partial charge in [-0.15, -0.1) is 0 Å². The summed E-state index contributed by atoms with van der Waals surface area (Å²) in [4.78, 5) is 52.9. The first kappa shape index (κ1) is 41.5. The van der Waals surface area contributed by atoms with E-state index in [2.05, 4.69) is 37.4 Å². The summed E-state index contributed by atoms with van der Waals surface area (Å²) in [5, 5.41) is 21.3. The van der Waals surface area contributed by atoms with Crippen molar-refractivity contribution in [3.05, 3.63) is 35.9 Å². The highest BCUT2D eigenvalue weighted by Gasteiger charge is 2.31. The van der Waals surface area contributed by atoms with Crippen LogP contribution in [0.2, 0.25) is 0 Å². The molecule has 0 spiro atoms. The number of rotatable bonds is 26. The summed E-state index contributed by atoms with van der Waals surface area (Å²) in [6.45, 7) is 5.41. The minimum atomic E-state index is -1.07. The van der Waals surface area contributed by atoms with Gasteiger partial charge in [0.25, 0.3) is 0 Å². The normalized spacial score (nSPS) is 13.3. The maximum absolute atomic E-state index is 13.6. The van der Waals surface area contributed by atoms with Gasteiger partial charge in [0.05, 0.1) is 12.1 Å². The highest BCUT2D eigenvalue weighted by molar-refractivity contribution is 6.39. The van der Waals surface area contributed by atoms with Crippen molar-refractivity contribution in [2.75, 3.05) is 26.2 Å². The Morgan fingerprint density at radius 1 is 0.723 bits per heavy atom. The standard InChI is InChI=1S/C30H57N13O4/c1-19(2)24(43-42-22(13-9-17-40-30(35)36)26(46)37-14-6-7-15-38-28(31)32)27(47)41-21(12-8-16-39-29(33)34)25(45)23(44)18-20-10-4-3-5-11-20/h3-5,10-11,19,21-22,24,29-30,39-40,42-43H,6-9,12-18,33-36H2,1-2H3,(H,37,46)(H,41,47)(H4,31,32,38)/t21-,22-,24-/m0/s1. The molecule has 0 heterocycles. The van der Waals surface area contributed by atoms with Crippen LogP contribution in [0.15, 0.2) is 30.3 Å². The van der Waals surface area contributed by atoms with E-state index in [1.807, 2.05) is 19.9 Å². The van der Waals surface area contributed by atoms with Crippen molar-refractivity contribution in [1.82, 2.24) is 37.4 Å². The summed E-state index contributed by atoms with van der Waals surface area (Å²) in [5.74, 6) is -2.46. The lowest BCUT2D eigenvalue weighted by Gasteiger charge is -2.28. The summed E-state index contributed by atoms with van der Waals surface area (Å²) < 4.78 is 0. The predicted octanol–water partition coefficient (Wildman–Crippen LogP) is -3.14. The summed E-state index contributed by atoms with van der Waals surface area (Å²) >= 11 is 0. The number of hydrazine groups is 1. The molecule has 0 aromatic heterocycles. The topological polar surface area (TPSA) is 306 Å². The molecule has 0 unspecified atom stereocenters. The number of amides is 2. The molecule has 2 amide bonds. The smallest absolute Gasteiger partial charge is 0.239 e. The minimum Gasteiger partial charge on any atom is -0.370 e. The van der Waals surface area contributed by atoms with E-state index in [1.54, 1.807) is 24.3 Å². The zero-order valence-corrected chi connectivity index (χ0v) is 27.6. The molecule has 0 saturated carbocycles. The van der Waals surface area contributed by atoms with Crippen LogP contribution in [-0.2, 0) is 25.6 Å². The highest BCUT2D eigenvalue weighted by Crippen LogP contribution is 2.08. The van der Waals surface area contributed by atoms with Crippen LogP contribution in [0.4, 0.5) is 0 Å². The molecule has 0 bridgehead atoms. The van der Waals surface area contributed by atoms with Gasteiger partial charge in [0, 0.05) is 19.5 Å². The lowest BCUT2D eigenvalue weighted by Crippen LogP contribution is -2.60. The van der Waals surface area contributed by atoms with Gasteiger partial charge in [-0.2, -0.15) is 0 Å². The van der Waals surface area contributed by atoms with Gasteiger partial charge >= 0.3 is 0 Å². The number of hydrogen-bond acceptors (Lipinski definition) is 13. The molecular formula is C30H57N13O4. The van der Waals surface area contributed by atoms with Gasteiger partial charge in [-0.25, -0.2) is 10.9 Å². The summed E-state index contributed by atoms with van der Waals surface area (Å²) in [7, 11) is 0. The number of hydrogen-bond donors (Lipinski definition) is 13. The summed E-state index contributed by atoms with van der Waals surface area (Å²) in [6, 6.07) is 6.26. The number of Topliss-reactive ketones (excluding diaryl/α,β-unsaturated/α-hetero) is 2. The first-order valence-corrected chi connectivity index (χ1v) is 16.1. The third kappa shape index (κ3) is 19.0. The van der Waals surface area contributed by atoms with Crippen LogP contribution < -0.4 is 66.1 Å². The van der Waals surface area contributed by atoms with Gasteiger partial charge in [-0.05, 0) is 63.1 Å². The molecule has 0 aliphatic heterocycles. The largest absolute Gasteiger partial charge is 0.370 e. The second-order valence-corrected chi connectivity index (χ2v) is 11.7. The van der Waals surface area contributed by atoms with E-state index in [0.29, 0.717) is 63.8 Å². The van der Waals surface area contributed by atoms with Crippen molar-refractivity contribution in [1.29, 1.82) is 5.41 Å². The lowest BCUT2D eigenvalue weighted by molar-refractivity contribution is -0.139. The minimum absolute atomic E-state index is 0.0840. The van der Waals surface area contributed by atoms with E-state index in [9.17, 15) is 19.2 Å². The maximum Gasteiger partial charge on any atom is 0.239 e. The van der Waals surface area contributed by atoms with Crippen molar-refractivity contribution in [2.45, 2.75) is 89.5 Å². The Labute approximate surface area is 277 Å². The molecule has 3 atom stereocenters. The number of guanidine groups is 1. The zero-order chi connectivity index (χ0) is 35.2. The Hall–Kier alpha value is -3.55. The molecule has 266 valence electrons. The molecule has 0 saturated heterocycles. The van der Waals surface area contributed by atoms with Crippen LogP contribution >= 0.6 is 0 Å². The molecule has 0 aliphatic carbocycles. The second kappa shape index (κ2) is 23.7. The van der Waals surface area contributed by atoms with Crippen molar-refractivity contribution in [3.63, 3.8) is 0 Å². The fraction of sp³-hybridized carbons (Fsp3) is 0.633. The van der Waals surface area contributed by atoms with Crippen LogP contribution in [0, 0.1) is 11.3 Å². The molecule has 18 N–H and O–H groups in total. The first-order valence-electron chi connectivity index (χ1n) is 16.1. The molecule has 17 nitrogen and oxygen atoms in total. The molecule has 1 aromatic rings. The molecule has 1 rings (SSSR count). The fourth-order valence-corrected chi connectivity index (χ4v) is 4.54. The third-order valence-corrected chi connectivity index (χ3v) is 7.11. The first-order chi connectivity index (χ1) is 22.3. The number of nitrogens with one attached hydrogen (secondary N) is 8. The van der Waals surface area contributed by atoms with Gasteiger partial charge in [-0.1, -0.05) is 44.2 Å². The number of unbranched alkanes of at least 4 members (excludes halogenated alkanes) is 1. The molecule has 0 fully saturated rings. The van der Waals surface area contributed by atoms with Gasteiger partial charge < -0.3 is 44.6 Å². The van der Waals surface area contributed by atoms with Gasteiger partial charge in [0.15, 0.2) is 5.96 Å². The molecule has 1 aromatic carbocycles. The molecular weight excluding hydrogens is 606 g/mol. The molecule has 17 heteroatoms. The second-order valence-electron chi connectivity index (χ2n) is 11.7. The van der Waals surface area contributed by atoms with Crippen LogP contribution in [0.3, 0.4) is 0 Å². The van der Waals surface area contributed by atoms with E-state index >= 15 is 0 Å². The van der Waals surface area contributed by atoms with E-state index in [0.717, 1.165) is 0 Å². The Balaban J connectivity index is 2.94. The van der Waals surface area contributed by atoms with E-state index in [-0.39, 0.29) is 30.6 Å². The van der Waals surface area contributed by atoms with Crippen LogP contribution in [0.5, 0.6) is 0 Å². The summed E-state index contributed by atoms with van der Waals surface area (Å²) in [5.41, 5.74) is 34.2. The van der Waals surface area contributed by atoms with Crippen LogP contribution in [0.1, 0.15) is 57.9 Å². The highest BCUT2D eigenvalue weighted by atomic mass is 16.2. The zero-order valence-electron chi connectivity index (χ0n) is 27.6. The molecule has 0 aliphatic rings. The van der Waals surface area contributed by atoms with E-state index in [4.69, 9.17) is 34.1 Å².